The highest BCUT2D eigenvalue weighted by molar-refractivity contribution is 7.15. The van der Waals surface area contributed by atoms with Crippen LogP contribution in [0.3, 0.4) is 0 Å². The van der Waals surface area contributed by atoms with Crippen molar-refractivity contribution in [3.05, 3.63) is 98.9 Å². The van der Waals surface area contributed by atoms with Crippen LogP contribution in [0.2, 0.25) is 0 Å². The number of imidazole rings is 1. The zero-order chi connectivity index (χ0) is 23.9. The number of hydrogen-bond donors (Lipinski definition) is 0. The number of rotatable bonds is 6. The van der Waals surface area contributed by atoms with Crippen LogP contribution in [-0.2, 0) is 6.54 Å². The maximum atomic E-state index is 13.3. The maximum Gasteiger partial charge on any atom is 0.274 e. The quantitative estimate of drug-likeness (QED) is 0.343. The van der Waals surface area contributed by atoms with Gasteiger partial charge in [0.05, 0.1) is 29.2 Å². The van der Waals surface area contributed by atoms with Gasteiger partial charge in [0.15, 0.2) is 4.96 Å². The van der Waals surface area contributed by atoms with Crippen LogP contribution in [0.15, 0.2) is 77.6 Å². The molecule has 174 valence electrons. The van der Waals surface area contributed by atoms with E-state index in [0.717, 1.165) is 49.7 Å². The van der Waals surface area contributed by atoms with Crippen molar-refractivity contribution >= 4 is 44.3 Å². The minimum absolute atomic E-state index is 0.0298. The third-order valence-electron chi connectivity index (χ3n) is 6.34. The Kier molecular flexibility index (Phi) is 5.26. The second-order valence-corrected chi connectivity index (χ2v) is 9.34. The standard InChI is InChI=1S/C28H23N3O3S/c1-18-22(17-26-27(32)31-25-10-6-4-8-23(25)29-28(31)35-26)21-7-3-5-9-24(21)30(18)15-16-34-20-13-11-19(33-2)12-14-20/h3-14,17H,15-16H2,1-2H3. The lowest BCUT2D eigenvalue weighted by Gasteiger charge is -2.11. The molecule has 0 aliphatic heterocycles. The Labute approximate surface area is 205 Å². The monoisotopic (exact) mass is 481 g/mol. The highest BCUT2D eigenvalue weighted by atomic mass is 32.1. The Morgan fingerprint density at radius 3 is 2.46 bits per heavy atom. The zero-order valence-corrected chi connectivity index (χ0v) is 20.2. The summed E-state index contributed by atoms with van der Waals surface area (Å²) in [6, 6.07) is 23.6. The largest absolute Gasteiger partial charge is 0.497 e. The van der Waals surface area contributed by atoms with E-state index < -0.39 is 0 Å². The summed E-state index contributed by atoms with van der Waals surface area (Å²) in [5.74, 6) is 1.60. The van der Waals surface area contributed by atoms with E-state index in [9.17, 15) is 4.79 Å². The third-order valence-corrected chi connectivity index (χ3v) is 7.31. The number of benzene rings is 3. The van der Waals surface area contributed by atoms with Crippen LogP contribution in [0.25, 0.3) is 33.0 Å². The molecule has 0 radical (unpaired) electrons. The second kappa shape index (κ2) is 8.60. The van der Waals surface area contributed by atoms with Crippen LogP contribution in [0, 0.1) is 6.92 Å². The first-order valence-electron chi connectivity index (χ1n) is 11.4. The van der Waals surface area contributed by atoms with Gasteiger partial charge in [-0.1, -0.05) is 41.7 Å². The molecule has 0 fully saturated rings. The van der Waals surface area contributed by atoms with Crippen molar-refractivity contribution in [3.63, 3.8) is 0 Å². The topological polar surface area (TPSA) is 57.8 Å². The van der Waals surface area contributed by atoms with Gasteiger partial charge < -0.3 is 14.0 Å². The van der Waals surface area contributed by atoms with Gasteiger partial charge >= 0.3 is 0 Å². The molecule has 7 heteroatoms. The molecule has 3 aromatic carbocycles. The zero-order valence-electron chi connectivity index (χ0n) is 19.4. The van der Waals surface area contributed by atoms with Crippen LogP contribution in [0.4, 0.5) is 0 Å². The van der Waals surface area contributed by atoms with Gasteiger partial charge in [-0.25, -0.2) is 9.38 Å². The van der Waals surface area contributed by atoms with Crippen molar-refractivity contribution in [3.8, 4) is 11.5 Å². The number of ether oxygens (including phenoxy) is 2. The highest BCUT2D eigenvalue weighted by Crippen LogP contribution is 2.27. The van der Waals surface area contributed by atoms with Crippen LogP contribution in [0.1, 0.15) is 11.3 Å². The summed E-state index contributed by atoms with van der Waals surface area (Å²) in [5.41, 5.74) is 4.92. The van der Waals surface area contributed by atoms with Crippen molar-refractivity contribution in [1.29, 1.82) is 0 Å². The lowest BCUT2D eigenvalue weighted by atomic mass is 10.1. The molecule has 0 N–H and O–H groups in total. The molecule has 0 saturated heterocycles. The van der Waals surface area contributed by atoms with Gasteiger partial charge in [-0.15, -0.1) is 0 Å². The lowest BCUT2D eigenvalue weighted by Crippen LogP contribution is -2.22. The molecule has 0 spiro atoms. The van der Waals surface area contributed by atoms with Crippen LogP contribution < -0.4 is 19.6 Å². The van der Waals surface area contributed by atoms with Crippen molar-refractivity contribution in [2.24, 2.45) is 0 Å². The van der Waals surface area contributed by atoms with Crippen molar-refractivity contribution in [2.75, 3.05) is 13.7 Å². The second-order valence-electron chi connectivity index (χ2n) is 8.33. The SMILES string of the molecule is COc1ccc(OCCn2c(C)c(C=c3sc4nc5ccccc5n4c3=O)c3ccccc32)cc1. The van der Waals surface area contributed by atoms with E-state index in [0.29, 0.717) is 17.7 Å². The summed E-state index contributed by atoms with van der Waals surface area (Å²) in [5, 5.41) is 1.12. The highest BCUT2D eigenvalue weighted by Gasteiger charge is 2.15. The van der Waals surface area contributed by atoms with E-state index in [4.69, 9.17) is 9.47 Å². The number of nitrogens with zero attached hydrogens (tertiary/aromatic N) is 3. The molecule has 6 rings (SSSR count). The summed E-state index contributed by atoms with van der Waals surface area (Å²) in [6.07, 6.45) is 2.01. The van der Waals surface area contributed by atoms with Gasteiger partial charge in [0, 0.05) is 22.2 Å². The number of hydrogen-bond acceptors (Lipinski definition) is 5. The summed E-state index contributed by atoms with van der Waals surface area (Å²) < 4.78 is 15.8. The van der Waals surface area contributed by atoms with E-state index >= 15 is 0 Å². The fourth-order valence-corrected chi connectivity index (χ4v) is 5.57. The molecule has 6 aromatic rings. The fourth-order valence-electron chi connectivity index (χ4n) is 4.60. The Morgan fingerprint density at radius 2 is 1.66 bits per heavy atom. The smallest absolute Gasteiger partial charge is 0.274 e. The molecule has 0 saturated carbocycles. The summed E-state index contributed by atoms with van der Waals surface area (Å²) in [7, 11) is 1.65. The Morgan fingerprint density at radius 1 is 0.943 bits per heavy atom. The van der Waals surface area contributed by atoms with Gasteiger partial charge in [-0.3, -0.25) is 4.79 Å². The van der Waals surface area contributed by atoms with Crippen LogP contribution in [-0.4, -0.2) is 27.7 Å². The third kappa shape index (κ3) is 3.65. The van der Waals surface area contributed by atoms with Gasteiger partial charge in [-0.2, -0.15) is 0 Å². The van der Waals surface area contributed by atoms with Crippen molar-refractivity contribution in [1.82, 2.24) is 14.0 Å². The van der Waals surface area contributed by atoms with Crippen molar-refractivity contribution < 1.29 is 9.47 Å². The van der Waals surface area contributed by atoms with Gasteiger partial charge in [0.2, 0.25) is 0 Å². The van der Waals surface area contributed by atoms with Gasteiger partial charge in [0.25, 0.3) is 5.56 Å². The van der Waals surface area contributed by atoms with Crippen LogP contribution in [0.5, 0.6) is 11.5 Å². The van der Waals surface area contributed by atoms with E-state index in [1.807, 2.05) is 66.7 Å². The first kappa shape index (κ1) is 21.4. The average molecular weight is 482 g/mol. The minimum Gasteiger partial charge on any atom is -0.497 e. The first-order valence-corrected chi connectivity index (χ1v) is 12.2. The summed E-state index contributed by atoms with van der Waals surface area (Å²) >= 11 is 1.43. The van der Waals surface area contributed by atoms with Crippen LogP contribution >= 0.6 is 11.3 Å². The van der Waals surface area contributed by atoms with E-state index in [-0.39, 0.29) is 5.56 Å². The molecule has 3 aromatic heterocycles. The number of aromatic nitrogens is 3. The molecular formula is C28H23N3O3S. The molecule has 0 atom stereocenters. The van der Waals surface area contributed by atoms with E-state index in [2.05, 4.69) is 28.6 Å². The Balaban J connectivity index is 1.38. The Bertz CT molecular complexity index is 1800. The molecule has 35 heavy (non-hydrogen) atoms. The fraction of sp³-hybridized carbons (Fsp3) is 0.143. The predicted molar refractivity (Wildman–Crippen MR) is 141 cm³/mol. The number of methoxy groups -OCH3 is 1. The van der Waals surface area contributed by atoms with Crippen molar-refractivity contribution in [2.45, 2.75) is 13.5 Å². The van der Waals surface area contributed by atoms with Gasteiger partial charge in [0.1, 0.15) is 18.1 Å². The normalized spacial score (nSPS) is 12.2. The minimum atomic E-state index is -0.0298. The number of thiazole rings is 1. The van der Waals surface area contributed by atoms with E-state index in [1.165, 1.54) is 11.3 Å². The average Bonchev–Trinajstić information content (AvgIpc) is 3.49. The maximum absolute atomic E-state index is 13.3. The molecular weight excluding hydrogens is 458 g/mol. The molecule has 0 amide bonds. The molecule has 0 aliphatic carbocycles. The molecule has 6 nitrogen and oxygen atoms in total. The first-order chi connectivity index (χ1) is 17.1. The molecule has 0 aliphatic rings. The predicted octanol–water partition coefficient (Wildman–Crippen LogP) is 4.81. The number of fused-ring (bicyclic) bond motifs is 4. The Hall–Kier alpha value is -4.10. The molecule has 3 heterocycles. The van der Waals surface area contributed by atoms with E-state index in [1.54, 1.807) is 11.5 Å². The summed E-state index contributed by atoms with van der Waals surface area (Å²) in [4.78, 5) is 18.7. The molecule has 0 bridgehead atoms. The summed E-state index contributed by atoms with van der Waals surface area (Å²) in [6.45, 7) is 3.31. The molecule has 0 unspecified atom stereocenters. The number of para-hydroxylation sites is 3. The lowest BCUT2D eigenvalue weighted by molar-refractivity contribution is 0.299. The van der Waals surface area contributed by atoms with Gasteiger partial charge in [-0.05, 0) is 55.5 Å².